The molecule has 0 bridgehead atoms. The van der Waals surface area contributed by atoms with Crippen molar-refractivity contribution < 1.29 is 9.21 Å². The van der Waals surface area contributed by atoms with Gasteiger partial charge in [0, 0.05) is 6.20 Å². The third-order valence-corrected chi connectivity index (χ3v) is 2.76. The van der Waals surface area contributed by atoms with E-state index >= 15 is 0 Å². The number of rotatable bonds is 5. The molecule has 6 heteroatoms. The van der Waals surface area contributed by atoms with Crippen molar-refractivity contribution in [1.82, 2.24) is 5.32 Å². The first-order valence-corrected chi connectivity index (χ1v) is 6.41. The highest BCUT2D eigenvalue weighted by molar-refractivity contribution is 6.07. The van der Waals surface area contributed by atoms with Crippen LogP contribution in [-0.4, -0.2) is 5.91 Å². The van der Waals surface area contributed by atoms with Crippen LogP contribution in [0.3, 0.4) is 0 Å². The molecule has 2 N–H and O–H groups in total. The smallest absolute Gasteiger partial charge is 0.267 e. The minimum absolute atomic E-state index is 0.0979. The lowest BCUT2D eigenvalue weighted by Gasteiger charge is -2.06. The third-order valence-electron chi connectivity index (χ3n) is 2.76. The van der Waals surface area contributed by atoms with E-state index in [1.165, 1.54) is 12.5 Å². The fraction of sp³-hybridized carbons (Fsp3) is 0.0625. The number of nitrogens with zero attached hydrogens (tertiary/aromatic N) is 2. The van der Waals surface area contributed by atoms with Crippen LogP contribution in [0, 0.1) is 22.7 Å². The molecule has 0 saturated heterocycles. The monoisotopic (exact) mass is 292 g/mol. The molecule has 0 fully saturated rings. The summed E-state index contributed by atoms with van der Waals surface area (Å²) < 4.78 is 5.12. The van der Waals surface area contributed by atoms with Crippen molar-refractivity contribution in [3.8, 4) is 12.1 Å². The van der Waals surface area contributed by atoms with Crippen LogP contribution in [0.15, 0.2) is 58.9 Å². The molecule has 2 rings (SSSR count). The van der Waals surface area contributed by atoms with E-state index in [1.807, 2.05) is 12.1 Å². The summed E-state index contributed by atoms with van der Waals surface area (Å²) in [6, 6.07) is 13.9. The van der Waals surface area contributed by atoms with Crippen LogP contribution in [0.5, 0.6) is 0 Å². The van der Waals surface area contributed by atoms with E-state index in [1.54, 1.807) is 36.4 Å². The summed E-state index contributed by atoms with van der Waals surface area (Å²) in [6.45, 7) is 0.361. The quantitative estimate of drug-likeness (QED) is 0.650. The number of nitrogens with one attached hydrogen (secondary N) is 2. The van der Waals surface area contributed by atoms with E-state index in [4.69, 9.17) is 14.9 Å². The van der Waals surface area contributed by atoms with Crippen molar-refractivity contribution >= 4 is 11.6 Å². The molecule has 6 nitrogen and oxygen atoms in total. The molecule has 22 heavy (non-hydrogen) atoms. The van der Waals surface area contributed by atoms with Gasteiger partial charge in [-0.15, -0.1) is 0 Å². The van der Waals surface area contributed by atoms with Gasteiger partial charge in [-0.3, -0.25) is 4.79 Å². The number of carbonyl (C=O) groups excluding carboxylic acids is 1. The maximum atomic E-state index is 12.0. The molecule has 0 saturated carbocycles. The van der Waals surface area contributed by atoms with Crippen LogP contribution in [0.2, 0.25) is 0 Å². The van der Waals surface area contributed by atoms with Crippen molar-refractivity contribution in [2.45, 2.75) is 6.54 Å². The molecule has 2 aromatic rings. The maximum Gasteiger partial charge on any atom is 0.267 e. The van der Waals surface area contributed by atoms with Crippen molar-refractivity contribution in [3.63, 3.8) is 0 Å². The van der Waals surface area contributed by atoms with E-state index in [0.717, 1.165) is 0 Å². The highest BCUT2D eigenvalue weighted by Crippen LogP contribution is 2.14. The zero-order valence-corrected chi connectivity index (χ0v) is 11.5. The highest BCUT2D eigenvalue weighted by Gasteiger charge is 2.11. The molecule has 1 aromatic heterocycles. The number of carbonyl (C=O) groups is 1. The van der Waals surface area contributed by atoms with E-state index < -0.39 is 5.91 Å². The first-order chi connectivity index (χ1) is 10.7. The first-order valence-electron chi connectivity index (χ1n) is 6.41. The molecule has 0 aliphatic rings. The molecule has 1 amide bonds. The topological polar surface area (TPSA) is 102 Å². The Labute approximate surface area is 127 Å². The summed E-state index contributed by atoms with van der Waals surface area (Å²) in [5.74, 6) is 0.0981. The Morgan fingerprint density at radius 2 is 2.05 bits per heavy atom. The minimum Gasteiger partial charge on any atom is -0.467 e. The third kappa shape index (κ3) is 3.75. The zero-order chi connectivity index (χ0) is 15.8. The first kappa shape index (κ1) is 14.9. The molecule has 0 aliphatic heterocycles. The fourth-order valence-corrected chi connectivity index (χ4v) is 1.69. The second kappa shape index (κ2) is 7.32. The number of nitriles is 2. The van der Waals surface area contributed by atoms with Gasteiger partial charge in [0.05, 0.1) is 24.1 Å². The number of amides is 1. The highest BCUT2D eigenvalue weighted by atomic mass is 16.3. The summed E-state index contributed by atoms with van der Waals surface area (Å²) in [5, 5.41) is 23.4. The lowest BCUT2D eigenvalue weighted by atomic mass is 10.2. The Bertz CT molecular complexity index is 764. The lowest BCUT2D eigenvalue weighted by molar-refractivity contribution is -0.112. The van der Waals surface area contributed by atoms with Gasteiger partial charge in [0.1, 0.15) is 23.5 Å². The average Bonchev–Trinajstić information content (AvgIpc) is 3.05. The van der Waals surface area contributed by atoms with Gasteiger partial charge in [0.15, 0.2) is 0 Å². The van der Waals surface area contributed by atoms with Crippen LogP contribution in [0.1, 0.15) is 11.3 Å². The number of hydrogen-bond acceptors (Lipinski definition) is 5. The van der Waals surface area contributed by atoms with Gasteiger partial charge in [-0.05, 0) is 24.3 Å². The number of para-hydroxylation sites is 1. The molecule has 0 unspecified atom stereocenters. The van der Waals surface area contributed by atoms with Crippen molar-refractivity contribution in [2.24, 2.45) is 0 Å². The van der Waals surface area contributed by atoms with E-state index in [2.05, 4.69) is 10.6 Å². The van der Waals surface area contributed by atoms with Crippen LogP contribution < -0.4 is 10.6 Å². The Morgan fingerprint density at radius 3 is 2.73 bits per heavy atom. The molecule has 108 valence electrons. The summed E-state index contributed by atoms with van der Waals surface area (Å²) in [6.07, 6.45) is 2.85. The van der Waals surface area contributed by atoms with Crippen LogP contribution in [0.25, 0.3) is 0 Å². The Kier molecular flexibility index (Phi) is 4.95. The number of furan rings is 1. The van der Waals surface area contributed by atoms with Crippen molar-refractivity contribution in [1.29, 1.82) is 10.5 Å². The standard InChI is InChI=1S/C16H12N4O2/c17-8-12-4-1-2-6-15(12)20-16(21)13(9-18)10-19-11-14-5-3-7-22-14/h1-7,10,19H,11H2,(H,20,21)/b13-10-. The predicted octanol–water partition coefficient (Wildman–Crippen LogP) is 2.29. The van der Waals surface area contributed by atoms with Gasteiger partial charge in [-0.2, -0.15) is 10.5 Å². The summed E-state index contributed by atoms with van der Waals surface area (Å²) in [4.78, 5) is 12.0. The molecular weight excluding hydrogens is 280 g/mol. The van der Waals surface area contributed by atoms with Crippen molar-refractivity contribution in [3.05, 3.63) is 65.8 Å². The van der Waals surface area contributed by atoms with Crippen LogP contribution >= 0.6 is 0 Å². The van der Waals surface area contributed by atoms with Gasteiger partial charge in [-0.1, -0.05) is 12.1 Å². The molecule has 0 radical (unpaired) electrons. The second-order valence-electron chi connectivity index (χ2n) is 4.24. The van der Waals surface area contributed by atoms with Gasteiger partial charge in [-0.25, -0.2) is 0 Å². The Hall–Kier alpha value is -3.51. The number of hydrogen-bond donors (Lipinski definition) is 2. The molecule has 0 aliphatic carbocycles. The minimum atomic E-state index is -0.586. The predicted molar refractivity (Wildman–Crippen MR) is 79.0 cm³/mol. The zero-order valence-electron chi connectivity index (χ0n) is 11.5. The maximum absolute atomic E-state index is 12.0. The van der Waals surface area contributed by atoms with E-state index in [0.29, 0.717) is 23.6 Å². The molecule has 0 atom stereocenters. The van der Waals surface area contributed by atoms with Gasteiger partial charge in [0.2, 0.25) is 0 Å². The average molecular weight is 292 g/mol. The number of benzene rings is 1. The Morgan fingerprint density at radius 1 is 1.23 bits per heavy atom. The van der Waals surface area contributed by atoms with Crippen LogP contribution in [0.4, 0.5) is 5.69 Å². The summed E-state index contributed by atoms with van der Waals surface area (Å²) in [7, 11) is 0. The molecule has 0 spiro atoms. The largest absolute Gasteiger partial charge is 0.467 e. The summed E-state index contributed by atoms with van der Waals surface area (Å²) >= 11 is 0. The normalized spacial score (nSPS) is 10.4. The van der Waals surface area contributed by atoms with Gasteiger partial charge < -0.3 is 15.1 Å². The number of anilines is 1. The van der Waals surface area contributed by atoms with Crippen molar-refractivity contribution in [2.75, 3.05) is 5.32 Å². The molecular formula is C16H12N4O2. The molecule has 1 heterocycles. The van der Waals surface area contributed by atoms with Gasteiger partial charge >= 0.3 is 0 Å². The van der Waals surface area contributed by atoms with E-state index in [9.17, 15) is 4.79 Å². The lowest BCUT2D eigenvalue weighted by Crippen LogP contribution is -2.17. The SMILES string of the molecule is N#C/C(=C/NCc1ccco1)C(=O)Nc1ccccc1C#N. The Balaban J connectivity index is 2.03. The van der Waals surface area contributed by atoms with Crippen LogP contribution in [-0.2, 0) is 11.3 Å². The van der Waals surface area contributed by atoms with E-state index in [-0.39, 0.29) is 5.57 Å². The second-order valence-corrected chi connectivity index (χ2v) is 4.24. The molecule has 1 aromatic carbocycles. The fourth-order valence-electron chi connectivity index (χ4n) is 1.69. The van der Waals surface area contributed by atoms with Gasteiger partial charge in [0.25, 0.3) is 5.91 Å². The summed E-state index contributed by atoms with van der Waals surface area (Å²) in [5.41, 5.74) is 0.596.